The van der Waals surface area contributed by atoms with Gasteiger partial charge in [0.25, 0.3) is 15.9 Å². The Morgan fingerprint density at radius 1 is 1.34 bits per heavy atom. The zero-order valence-corrected chi connectivity index (χ0v) is 18.8. The maximum atomic E-state index is 14.8. The van der Waals surface area contributed by atoms with Crippen molar-refractivity contribution in [2.75, 3.05) is 4.72 Å². The topological polar surface area (TPSA) is 99.0 Å². The first-order valence-electron chi connectivity index (χ1n) is 9.67. The number of alkyl halides is 2. The molecule has 13 heteroatoms. The number of aryl methyl sites for hydroxylation is 2. The van der Waals surface area contributed by atoms with E-state index in [1.165, 1.54) is 12.4 Å². The average molecular weight is 488 g/mol. The third-order valence-electron chi connectivity index (χ3n) is 5.39. The molecule has 2 aromatic heterocycles. The number of nitrogens with one attached hydrogen (secondary N) is 1. The number of nitrogens with zero attached hydrogens (tertiary/aromatic N) is 4. The van der Waals surface area contributed by atoms with E-state index in [1.54, 1.807) is 24.0 Å². The predicted octanol–water partition coefficient (Wildman–Crippen LogP) is 3.87. The van der Waals surface area contributed by atoms with Gasteiger partial charge in [0.15, 0.2) is 0 Å². The SMILES string of the molecule is Cc1cc(S(=O)(=O)Nc2nncs2)c(F)cc1O[C@H]1CC(F)(F)CC[C@@H]1c1ccnn1C. The molecule has 32 heavy (non-hydrogen) atoms. The molecular weight excluding hydrogens is 467 g/mol. The fourth-order valence-corrected chi connectivity index (χ4v) is 5.66. The Balaban J connectivity index is 1.63. The third kappa shape index (κ3) is 4.58. The van der Waals surface area contributed by atoms with E-state index in [9.17, 15) is 21.6 Å². The fourth-order valence-electron chi connectivity index (χ4n) is 3.82. The van der Waals surface area contributed by atoms with Crippen LogP contribution in [0.3, 0.4) is 0 Å². The van der Waals surface area contributed by atoms with Crippen molar-refractivity contribution in [1.29, 1.82) is 0 Å². The molecular formula is C19H20F3N5O3S2. The van der Waals surface area contributed by atoms with Crippen LogP contribution in [0.5, 0.6) is 5.75 Å². The van der Waals surface area contributed by atoms with Crippen molar-refractivity contribution in [3.63, 3.8) is 0 Å². The van der Waals surface area contributed by atoms with E-state index in [-0.39, 0.29) is 29.6 Å². The van der Waals surface area contributed by atoms with Crippen molar-refractivity contribution in [2.24, 2.45) is 7.05 Å². The molecule has 1 aliphatic rings. The summed E-state index contributed by atoms with van der Waals surface area (Å²) in [5.74, 6) is -4.34. The van der Waals surface area contributed by atoms with Crippen LogP contribution < -0.4 is 9.46 Å². The summed E-state index contributed by atoms with van der Waals surface area (Å²) >= 11 is 0.943. The largest absolute Gasteiger partial charge is 0.489 e. The number of aromatic nitrogens is 4. The summed E-state index contributed by atoms with van der Waals surface area (Å²) in [4.78, 5) is -0.602. The summed E-state index contributed by atoms with van der Waals surface area (Å²) < 4.78 is 77.9. The number of halogens is 3. The van der Waals surface area contributed by atoms with E-state index in [2.05, 4.69) is 20.0 Å². The van der Waals surface area contributed by atoms with Crippen molar-refractivity contribution in [3.05, 3.63) is 47.0 Å². The van der Waals surface area contributed by atoms with Gasteiger partial charge in [0.05, 0.1) is 0 Å². The number of ether oxygens (including phenoxy) is 1. The zero-order chi connectivity index (χ0) is 23.1. The summed E-state index contributed by atoms with van der Waals surface area (Å²) in [5.41, 5.74) is 2.36. The van der Waals surface area contributed by atoms with Gasteiger partial charge in [0.1, 0.15) is 28.1 Å². The number of hydrogen-bond donors (Lipinski definition) is 1. The maximum absolute atomic E-state index is 14.8. The van der Waals surface area contributed by atoms with Crippen LogP contribution in [0.15, 0.2) is 34.8 Å². The minimum atomic E-state index is -4.26. The molecule has 2 atom stereocenters. The Morgan fingerprint density at radius 2 is 2.12 bits per heavy atom. The minimum Gasteiger partial charge on any atom is -0.489 e. The molecule has 1 saturated carbocycles. The van der Waals surface area contributed by atoms with Crippen LogP contribution in [0.2, 0.25) is 0 Å². The second kappa shape index (κ2) is 8.35. The lowest BCUT2D eigenvalue weighted by Crippen LogP contribution is -2.39. The van der Waals surface area contributed by atoms with E-state index in [4.69, 9.17) is 4.74 Å². The summed E-state index contributed by atoms with van der Waals surface area (Å²) in [6.07, 6.45) is -0.00662. The zero-order valence-electron chi connectivity index (χ0n) is 17.1. The maximum Gasteiger partial charge on any atom is 0.266 e. The van der Waals surface area contributed by atoms with Gasteiger partial charge < -0.3 is 4.74 Å². The molecule has 0 bridgehead atoms. The van der Waals surface area contributed by atoms with Crippen molar-refractivity contribution < 1.29 is 26.3 Å². The molecule has 0 unspecified atom stereocenters. The van der Waals surface area contributed by atoms with Gasteiger partial charge in [0, 0.05) is 43.8 Å². The monoisotopic (exact) mass is 487 g/mol. The van der Waals surface area contributed by atoms with Gasteiger partial charge in [-0.2, -0.15) is 5.10 Å². The molecule has 0 aliphatic heterocycles. The summed E-state index contributed by atoms with van der Waals surface area (Å²) in [7, 11) is -2.54. The standard InChI is InChI=1S/C19H20F3N5O3S2/c1-11-7-17(32(28,29)26-18-25-23-10-31-18)13(20)8-15(11)30-16-9-19(21,22)5-3-12(16)14-4-6-24-27(14)2/h4,6-8,10,12,16H,3,5,9H2,1-2H3,(H,25,26)/t12-,16+/m1/s1. The van der Waals surface area contributed by atoms with Crippen molar-refractivity contribution in [2.45, 2.75) is 49.0 Å². The summed E-state index contributed by atoms with van der Waals surface area (Å²) in [6.45, 7) is 1.53. The Morgan fingerprint density at radius 3 is 2.78 bits per heavy atom. The average Bonchev–Trinajstić information content (AvgIpc) is 3.35. The van der Waals surface area contributed by atoms with E-state index < -0.39 is 39.2 Å². The van der Waals surface area contributed by atoms with Gasteiger partial charge in [-0.25, -0.2) is 21.6 Å². The lowest BCUT2D eigenvalue weighted by molar-refractivity contribution is -0.0782. The molecule has 1 aromatic carbocycles. The first-order valence-corrected chi connectivity index (χ1v) is 12.0. The lowest BCUT2D eigenvalue weighted by Gasteiger charge is -2.36. The van der Waals surface area contributed by atoms with Crippen molar-refractivity contribution in [1.82, 2.24) is 20.0 Å². The summed E-state index contributed by atoms with van der Waals surface area (Å²) in [6, 6.07) is 3.76. The first kappa shape index (κ1) is 22.5. The van der Waals surface area contributed by atoms with Crippen LogP contribution in [-0.4, -0.2) is 40.4 Å². The normalized spacial score (nSPS) is 20.8. The van der Waals surface area contributed by atoms with Crippen molar-refractivity contribution in [3.8, 4) is 5.75 Å². The number of anilines is 1. The van der Waals surface area contributed by atoms with Crippen LogP contribution in [0.1, 0.15) is 36.4 Å². The van der Waals surface area contributed by atoms with E-state index in [0.717, 1.165) is 29.2 Å². The molecule has 4 rings (SSSR count). The smallest absolute Gasteiger partial charge is 0.266 e. The van der Waals surface area contributed by atoms with Crippen LogP contribution in [0, 0.1) is 12.7 Å². The Hall–Kier alpha value is -2.67. The van der Waals surface area contributed by atoms with Gasteiger partial charge in [-0.05, 0) is 31.0 Å². The van der Waals surface area contributed by atoms with Gasteiger partial charge in [-0.3, -0.25) is 9.40 Å². The minimum absolute atomic E-state index is 0.00670. The second-order valence-electron chi connectivity index (χ2n) is 7.64. The molecule has 1 fully saturated rings. The number of sulfonamides is 1. The quantitative estimate of drug-likeness (QED) is 0.567. The molecule has 0 amide bonds. The molecule has 0 spiro atoms. The van der Waals surface area contributed by atoms with Crippen LogP contribution in [0.4, 0.5) is 18.3 Å². The molecule has 0 radical (unpaired) electrons. The molecule has 3 aromatic rings. The van der Waals surface area contributed by atoms with Crippen LogP contribution in [0.25, 0.3) is 0 Å². The van der Waals surface area contributed by atoms with Crippen LogP contribution in [-0.2, 0) is 17.1 Å². The first-order chi connectivity index (χ1) is 15.1. The van der Waals surface area contributed by atoms with Gasteiger partial charge in [-0.1, -0.05) is 11.3 Å². The number of hydrogen-bond acceptors (Lipinski definition) is 7. The van der Waals surface area contributed by atoms with E-state index >= 15 is 0 Å². The van der Waals surface area contributed by atoms with Gasteiger partial charge in [-0.15, -0.1) is 10.2 Å². The molecule has 1 aliphatic carbocycles. The second-order valence-corrected chi connectivity index (χ2v) is 10.1. The lowest BCUT2D eigenvalue weighted by atomic mass is 9.82. The highest BCUT2D eigenvalue weighted by Gasteiger charge is 2.44. The fraction of sp³-hybridized carbons (Fsp3) is 0.421. The third-order valence-corrected chi connectivity index (χ3v) is 7.48. The molecule has 0 saturated heterocycles. The van der Waals surface area contributed by atoms with Gasteiger partial charge >= 0.3 is 0 Å². The molecule has 1 N–H and O–H groups in total. The Labute approximate surface area is 186 Å². The molecule has 2 heterocycles. The highest BCUT2D eigenvalue weighted by molar-refractivity contribution is 7.93. The number of benzene rings is 1. The predicted molar refractivity (Wildman–Crippen MR) is 111 cm³/mol. The van der Waals surface area contributed by atoms with Crippen LogP contribution >= 0.6 is 11.3 Å². The van der Waals surface area contributed by atoms with Gasteiger partial charge in [0.2, 0.25) is 5.13 Å². The van der Waals surface area contributed by atoms with Crippen molar-refractivity contribution >= 4 is 26.5 Å². The Bertz CT molecular complexity index is 1220. The van der Waals surface area contributed by atoms with E-state index in [0.29, 0.717) is 5.56 Å². The van der Waals surface area contributed by atoms with E-state index in [1.807, 2.05) is 0 Å². The molecule has 8 nitrogen and oxygen atoms in total. The number of rotatable bonds is 6. The summed E-state index contributed by atoms with van der Waals surface area (Å²) in [5, 5.41) is 11.2. The molecule has 172 valence electrons. The highest BCUT2D eigenvalue weighted by Crippen LogP contribution is 2.43. The highest BCUT2D eigenvalue weighted by atomic mass is 32.2. The Kier molecular flexibility index (Phi) is 5.88.